The second-order valence-electron chi connectivity index (χ2n) is 4.44. The molecule has 1 aliphatic rings. The maximum Gasteiger partial charge on any atom is 0.277 e. The van der Waals surface area contributed by atoms with Crippen LogP contribution < -0.4 is 5.73 Å². The zero-order chi connectivity index (χ0) is 12.4. The molecular weight excluding hydrogens is 216 g/mol. The van der Waals surface area contributed by atoms with Gasteiger partial charge in [0.05, 0.1) is 12.2 Å². The first kappa shape index (κ1) is 11.5. The molecule has 0 saturated heterocycles. The van der Waals surface area contributed by atoms with Gasteiger partial charge in [-0.1, -0.05) is 5.92 Å². The fraction of sp³-hybridized carbons (Fsp3) is 0.500. The van der Waals surface area contributed by atoms with Crippen LogP contribution >= 0.6 is 0 Å². The average Bonchev–Trinajstić information content (AvgIpc) is 3.02. The zero-order valence-corrected chi connectivity index (χ0v) is 9.89. The number of nitrogens with zero attached hydrogens (tertiary/aromatic N) is 3. The van der Waals surface area contributed by atoms with E-state index in [1.54, 1.807) is 18.1 Å². The largest absolute Gasteiger partial charge is 0.396 e. The average molecular weight is 232 g/mol. The third kappa shape index (κ3) is 2.59. The first-order valence-corrected chi connectivity index (χ1v) is 5.63. The number of amides is 1. The number of hydrogen-bond donors (Lipinski definition) is 1. The third-order valence-electron chi connectivity index (χ3n) is 2.80. The first-order chi connectivity index (χ1) is 8.11. The molecule has 0 atom stereocenters. The molecule has 0 spiro atoms. The van der Waals surface area contributed by atoms with E-state index in [0.717, 1.165) is 0 Å². The highest BCUT2D eigenvalue weighted by Gasteiger charge is 2.28. The number of anilines is 1. The van der Waals surface area contributed by atoms with Gasteiger partial charge in [0, 0.05) is 19.8 Å². The third-order valence-corrected chi connectivity index (χ3v) is 2.80. The Bertz CT molecular complexity index is 467. The highest BCUT2D eigenvalue weighted by molar-refractivity contribution is 5.97. The minimum absolute atomic E-state index is 0.173. The topological polar surface area (TPSA) is 64.2 Å². The van der Waals surface area contributed by atoms with Gasteiger partial charge in [0.25, 0.3) is 5.91 Å². The van der Waals surface area contributed by atoms with Crippen molar-refractivity contribution in [1.82, 2.24) is 14.7 Å². The summed E-state index contributed by atoms with van der Waals surface area (Å²) in [5, 5.41) is 4.07. The second-order valence-corrected chi connectivity index (χ2v) is 4.44. The summed E-state index contributed by atoms with van der Waals surface area (Å²) in [6.07, 6.45) is 9.25. The molecule has 0 aromatic carbocycles. The van der Waals surface area contributed by atoms with Gasteiger partial charge in [-0.25, -0.2) is 0 Å². The molecule has 2 N–H and O–H groups in total. The monoisotopic (exact) mass is 232 g/mol. The van der Waals surface area contributed by atoms with Crippen molar-refractivity contribution in [3.05, 3.63) is 11.9 Å². The summed E-state index contributed by atoms with van der Waals surface area (Å²) in [5.74, 6) is 2.93. The molecule has 2 rings (SSSR count). The van der Waals surface area contributed by atoms with Crippen molar-refractivity contribution < 1.29 is 4.79 Å². The summed E-state index contributed by atoms with van der Waals surface area (Å²) < 4.78 is 1.54. The van der Waals surface area contributed by atoms with E-state index < -0.39 is 0 Å². The molecule has 0 radical (unpaired) electrons. The number of carbonyl (C=O) groups excluding carboxylic acids is 1. The van der Waals surface area contributed by atoms with Crippen molar-refractivity contribution in [2.24, 2.45) is 13.0 Å². The minimum atomic E-state index is -0.173. The lowest BCUT2D eigenvalue weighted by atomic mass is 10.3. The van der Waals surface area contributed by atoms with Crippen molar-refractivity contribution in [2.45, 2.75) is 12.8 Å². The molecule has 5 heteroatoms. The number of nitrogen functional groups attached to an aromatic ring is 1. The van der Waals surface area contributed by atoms with Crippen molar-refractivity contribution in [3.8, 4) is 12.3 Å². The molecule has 17 heavy (non-hydrogen) atoms. The Morgan fingerprint density at radius 2 is 2.47 bits per heavy atom. The van der Waals surface area contributed by atoms with Crippen LogP contribution in [0, 0.1) is 18.3 Å². The summed E-state index contributed by atoms with van der Waals surface area (Å²) in [4.78, 5) is 13.9. The second kappa shape index (κ2) is 4.50. The number of rotatable bonds is 4. The van der Waals surface area contributed by atoms with Gasteiger partial charge in [-0.3, -0.25) is 9.48 Å². The van der Waals surface area contributed by atoms with Crippen LogP contribution in [0.4, 0.5) is 5.69 Å². The molecule has 0 bridgehead atoms. The highest BCUT2D eigenvalue weighted by Crippen LogP contribution is 2.30. The fourth-order valence-electron chi connectivity index (χ4n) is 1.76. The number of hydrogen-bond acceptors (Lipinski definition) is 3. The molecule has 1 aromatic heterocycles. The van der Waals surface area contributed by atoms with E-state index in [1.165, 1.54) is 17.5 Å². The van der Waals surface area contributed by atoms with Gasteiger partial charge in [0.1, 0.15) is 0 Å². The Kier molecular flexibility index (Phi) is 3.05. The smallest absolute Gasteiger partial charge is 0.277 e. The van der Waals surface area contributed by atoms with Gasteiger partial charge in [-0.05, 0) is 18.8 Å². The van der Waals surface area contributed by atoms with Gasteiger partial charge < -0.3 is 10.6 Å². The van der Waals surface area contributed by atoms with Crippen LogP contribution in [0.25, 0.3) is 0 Å². The van der Waals surface area contributed by atoms with Gasteiger partial charge in [-0.15, -0.1) is 6.42 Å². The summed E-state index contributed by atoms with van der Waals surface area (Å²) in [6, 6.07) is 0. The highest BCUT2D eigenvalue weighted by atomic mass is 16.2. The minimum Gasteiger partial charge on any atom is -0.396 e. The van der Waals surface area contributed by atoms with Crippen LogP contribution in [0.5, 0.6) is 0 Å². The molecule has 0 aliphatic heterocycles. The lowest BCUT2D eigenvalue weighted by Crippen LogP contribution is -2.34. The Labute approximate surface area is 101 Å². The lowest BCUT2D eigenvalue weighted by Gasteiger charge is -2.18. The number of aromatic nitrogens is 2. The van der Waals surface area contributed by atoms with E-state index in [-0.39, 0.29) is 5.91 Å². The Morgan fingerprint density at radius 3 is 2.94 bits per heavy atom. The van der Waals surface area contributed by atoms with E-state index in [4.69, 9.17) is 12.2 Å². The number of carbonyl (C=O) groups is 1. The van der Waals surface area contributed by atoms with Crippen molar-refractivity contribution >= 4 is 11.6 Å². The Morgan fingerprint density at radius 1 is 1.76 bits per heavy atom. The molecule has 1 saturated carbocycles. The maximum atomic E-state index is 12.2. The standard InChI is InChI=1S/C12H16N4O/c1-3-6-16(7-9-4-5-9)12(17)11-10(13)8-15(2)14-11/h1,8-9H,4-7,13H2,2H3. The van der Waals surface area contributed by atoms with Gasteiger partial charge >= 0.3 is 0 Å². The molecule has 0 unspecified atom stereocenters. The van der Waals surface area contributed by atoms with Crippen LogP contribution in [-0.4, -0.2) is 33.7 Å². The van der Waals surface area contributed by atoms with Gasteiger partial charge in [0.2, 0.25) is 0 Å². The molecule has 1 heterocycles. The summed E-state index contributed by atoms with van der Waals surface area (Å²) >= 11 is 0. The predicted octanol–water partition coefficient (Wildman–Crippen LogP) is 0.488. The zero-order valence-electron chi connectivity index (χ0n) is 9.89. The summed E-state index contributed by atoms with van der Waals surface area (Å²) in [6.45, 7) is 1.02. The van der Waals surface area contributed by atoms with Crippen molar-refractivity contribution in [2.75, 3.05) is 18.8 Å². The van der Waals surface area contributed by atoms with Crippen molar-refractivity contribution in [3.63, 3.8) is 0 Å². The van der Waals surface area contributed by atoms with Gasteiger partial charge in [0.15, 0.2) is 5.69 Å². The summed E-state index contributed by atoms with van der Waals surface area (Å²) in [7, 11) is 1.74. The molecule has 5 nitrogen and oxygen atoms in total. The Balaban J connectivity index is 2.14. The molecule has 1 fully saturated rings. The van der Waals surface area contributed by atoms with E-state index in [2.05, 4.69) is 11.0 Å². The first-order valence-electron chi connectivity index (χ1n) is 5.63. The van der Waals surface area contributed by atoms with E-state index in [1.807, 2.05) is 0 Å². The SMILES string of the molecule is C#CCN(CC1CC1)C(=O)c1nn(C)cc1N. The summed E-state index contributed by atoms with van der Waals surface area (Å²) in [5.41, 5.74) is 6.43. The molecule has 90 valence electrons. The molecule has 1 amide bonds. The number of aryl methyl sites for hydroxylation is 1. The van der Waals surface area contributed by atoms with Crippen molar-refractivity contribution in [1.29, 1.82) is 0 Å². The predicted molar refractivity (Wildman–Crippen MR) is 65.1 cm³/mol. The van der Waals surface area contributed by atoms with Crippen LogP contribution in [0.15, 0.2) is 6.20 Å². The quantitative estimate of drug-likeness (QED) is 0.768. The fourth-order valence-corrected chi connectivity index (χ4v) is 1.76. The number of terminal acetylenes is 1. The van der Waals surface area contributed by atoms with Crippen LogP contribution in [0.1, 0.15) is 23.3 Å². The van der Waals surface area contributed by atoms with Crippen LogP contribution in [0.3, 0.4) is 0 Å². The Hall–Kier alpha value is -1.96. The molecule has 1 aromatic rings. The molecular formula is C12H16N4O. The van der Waals surface area contributed by atoms with E-state index >= 15 is 0 Å². The number of nitrogens with two attached hydrogens (primary N) is 1. The lowest BCUT2D eigenvalue weighted by molar-refractivity contribution is 0.0764. The van der Waals surface area contributed by atoms with Gasteiger partial charge in [-0.2, -0.15) is 5.10 Å². The van der Waals surface area contributed by atoms with Crippen LogP contribution in [-0.2, 0) is 7.05 Å². The normalized spacial score (nSPS) is 14.4. The van der Waals surface area contributed by atoms with E-state index in [0.29, 0.717) is 30.4 Å². The van der Waals surface area contributed by atoms with E-state index in [9.17, 15) is 4.79 Å². The van der Waals surface area contributed by atoms with Crippen LogP contribution in [0.2, 0.25) is 0 Å². The molecule has 1 aliphatic carbocycles. The maximum absolute atomic E-state index is 12.2.